The molecule has 0 aliphatic carbocycles. The van der Waals surface area contributed by atoms with Gasteiger partial charge in [-0.15, -0.1) is 5.10 Å². The number of hydrogen-bond acceptors (Lipinski definition) is 5. The maximum absolute atomic E-state index is 11.1. The fourth-order valence-electron chi connectivity index (χ4n) is 2.25. The second-order valence-electron chi connectivity index (χ2n) is 5.06. The molecule has 1 fully saturated rings. The quantitative estimate of drug-likeness (QED) is 0.482. The Balaban J connectivity index is 1.88. The van der Waals surface area contributed by atoms with E-state index in [2.05, 4.69) is 24.9 Å². The van der Waals surface area contributed by atoms with Crippen LogP contribution in [0.15, 0.2) is 11.2 Å². The molecule has 1 aromatic heterocycles. The topological polar surface area (TPSA) is 98.6 Å². The molecule has 0 bridgehead atoms. The van der Waals surface area contributed by atoms with E-state index in [9.17, 15) is 4.79 Å². The summed E-state index contributed by atoms with van der Waals surface area (Å²) in [4.78, 5) is 17.6. The fraction of sp³-hybridized carbons (Fsp3) is 0.692. The number of aliphatic imine (C=N–C) groups is 1. The molecule has 0 radical (unpaired) electrons. The van der Waals surface area contributed by atoms with Gasteiger partial charge in [-0.2, -0.15) is 0 Å². The SMILES string of the molecule is COC(=O)Cn1cc(CN=C(N)N2CCCCCC2)nn1. The number of carbonyl (C=O) groups excluding carboxylic acids is 1. The van der Waals surface area contributed by atoms with Gasteiger partial charge in [-0.1, -0.05) is 18.1 Å². The van der Waals surface area contributed by atoms with Gasteiger partial charge in [0.25, 0.3) is 0 Å². The van der Waals surface area contributed by atoms with Crippen molar-refractivity contribution in [2.45, 2.75) is 38.8 Å². The van der Waals surface area contributed by atoms with Gasteiger partial charge in [0.2, 0.25) is 0 Å². The predicted octanol–water partition coefficient (Wildman–Crippen LogP) is 0.142. The Labute approximate surface area is 124 Å². The molecule has 8 heteroatoms. The number of methoxy groups -OCH3 is 1. The number of esters is 1. The molecule has 1 saturated heterocycles. The van der Waals surface area contributed by atoms with Crippen LogP contribution in [-0.4, -0.2) is 52.0 Å². The summed E-state index contributed by atoms with van der Waals surface area (Å²) >= 11 is 0. The van der Waals surface area contributed by atoms with E-state index in [4.69, 9.17) is 5.73 Å². The number of likely N-dealkylation sites (tertiary alicyclic amines) is 1. The Morgan fingerprint density at radius 3 is 2.76 bits per heavy atom. The third-order valence-electron chi connectivity index (χ3n) is 3.44. The van der Waals surface area contributed by atoms with Gasteiger partial charge < -0.3 is 15.4 Å². The molecule has 0 amide bonds. The normalized spacial score (nSPS) is 16.6. The molecule has 0 aromatic carbocycles. The van der Waals surface area contributed by atoms with Crippen molar-refractivity contribution < 1.29 is 9.53 Å². The number of rotatable bonds is 4. The van der Waals surface area contributed by atoms with Crippen LogP contribution in [0.1, 0.15) is 31.4 Å². The standard InChI is InChI=1S/C13H22N6O2/c1-21-12(20)10-19-9-11(16-17-19)8-15-13(14)18-6-4-2-3-5-7-18/h9H,2-8,10H2,1H3,(H2,14,15). The Kier molecular flexibility index (Phi) is 5.53. The van der Waals surface area contributed by atoms with Crippen LogP contribution in [0.2, 0.25) is 0 Å². The lowest BCUT2D eigenvalue weighted by Gasteiger charge is -2.20. The zero-order valence-corrected chi connectivity index (χ0v) is 12.4. The summed E-state index contributed by atoms with van der Waals surface area (Å²) in [5, 5.41) is 7.81. The van der Waals surface area contributed by atoms with Crippen LogP contribution >= 0.6 is 0 Å². The Morgan fingerprint density at radius 2 is 2.10 bits per heavy atom. The number of hydrogen-bond donors (Lipinski definition) is 1. The fourth-order valence-corrected chi connectivity index (χ4v) is 2.25. The largest absolute Gasteiger partial charge is 0.468 e. The van der Waals surface area contributed by atoms with Gasteiger partial charge in [-0.05, 0) is 12.8 Å². The molecule has 0 spiro atoms. The van der Waals surface area contributed by atoms with Crippen LogP contribution in [0.3, 0.4) is 0 Å². The molecule has 116 valence electrons. The van der Waals surface area contributed by atoms with Crippen LogP contribution in [0.4, 0.5) is 0 Å². The van der Waals surface area contributed by atoms with E-state index in [-0.39, 0.29) is 12.5 Å². The average molecular weight is 294 g/mol. The van der Waals surface area contributed by atoms with Crippen LogP contribution < -0.4 is 5.73 Å². The second-order valence-corrected chi connectivity index (χ2v) is 5.06. The van der Waals surface area contributed by atoms with Crippen molar-refractivity contribution in [2.75, 3.05) is 20.2 Å². The molecular weight excluding hydrogens is 272 g/mol. The van der Waals surface area contributed by atoms with Crippen LogP contribution in [0, 0.1) is 0 Å². The molecule has 0 saturated carbocycles. The minimum Gasteiger partial charge on any atom is -0.468 e. The Bertz CT molecular complexity index is 491. The van der Waals surface area contributed by atoms with E-state index in [1.807, 2.05) is 0 Å². The number of nitrogens with zero attached hydrogens (tertiary/aromatic N) is 5. The Morgan fingerprint density at radius 1 is 1.38 bits per heavy atom. The van der Waals surface area contributed by atoms with Crippen molar-refractivity contribution in [2.24, 2.45) is 10.7 Å². The molecular formula is C13H22N6O2. The summed E-state index contributed by atoms with van der Waals surface area (Å²) in [7, 11) is 1.34. The Hall–Kier alpha value is -2.12. The van der Waals surface area contributed by atoms with Gasteiger partial charge >= 0.3 is 5.97 Å². The number of guanidine groups is 1. The summed E-state index contributed by atoms with van der Waals surface area (Å²) in [5.74, 6) is 0.193. The molecule has 8 nitrogen and oxygen atoms in total. The smallest absolute Gasteiger partial charge is 0.327 e. The molecule has 1 aromatic rings. The van der Waals surface area contributed by atoms with Gasteiger partial charge in [-0.3, -0.25) is 4.79 Å². The molecule has 2 heterocycles. The van der Waals surface area contributed by atoms with Crippen molar-refractivity contribution in [1.29, 1.82) is 0 Å². The second kappa shape index (κ2) is 7.61. The first-order valence-electron chi connectivity index (χ1n) is 7.19. The molecule has 2 N–H and O–H groups in total. The van der Waals surface area contributed by atoms with Crippen LogP contribution in [-0.2, 0) is 22.6 Å². The third-order valence-corrected chi connectivity index (χ3v) is 3.44. The lowest BCUT2D eigenvalue weighted by molar-refractivity contribution is -0.141. The first kappa shape index (κ1) is 15.3. The van der Waals surface area contributed by atoms with E-state index >= 15 is 0 Å². The van der Waals surface area contributed by atoms with Gasteiger partial charge in [0, 0.05) is 13.1 Å². The third kappa shape index (κ3) is 4.73. The van der Waals surface area contributed by atoms with Crippen LogP contribution in [0.5, 0.6) is 0 Å². The molecule has 1 aliphatic rings. The summed E-state index contributed by atoms with van der Waals surface area (Å²) in [6, 6.07) is 0. The predicted molar refractivity (Wildman–Crippen MR) is 77.4 cm³/mol. The minimum absolute atomic E-state index is 0.0504. The molecule has 2 rings (SSSR count). The summed E-state index contributed by atoms with van der Waals surface area (Å²) in [6.07, 6.45) is 6.50. The van der Waals surface area contributed by atoms with E-state index in [1.54, 1.807) is 6.20 Å². The van der Waals surface area contributed by atoms with Crippen LogP contribution in [0.25, 0.3) is 0 Å². The molecule has 0 unspecified atom stereocenters. The monoisotopic (exact) mass is 294 g/mol. The van der Waals surface area contributed by atoms with E-state index < -0.39 is 0 Å². The van der Waals surface area contributed by atoms with Crippen molar-refractivity contribution in [1.82, 2.24) is 19.9 Å². The van der Waals surface area contributed by atoms with Crippen molar-refractivity contribution in [3.05, 3.63) is 11.9 Å². The summed E-state index contributed by atoms with van der Waals surface area (Å²) in [6.45, 7) is 2.34. The van der Waals surface area contributed by atoms with Crippen molar-refractivity contribution >= 4 is 11.9 Å². The van der Waals surface area contributed by atoms with Gasteiger partial charge in [0.1, 0.15) is 12.2 Å². The highest BCUT2D eigenvalue weighted by atomic mass is 16.5. The zero-order valence-electron chi connectivity index (χ0n) is 12.4. The highest BCUT2D eigenvalue weighted by Crippen LogP contribution is 2.09. The summed E-state index contributed by atoms with van der Waals surface area (Å²) < 4.78 is 6.00. The lowest BCUT2D eigenvalue weighted by atomic mass is 10.2. The highest BCUT2D eigenvalue weighted by Gasteiger charge is 2.11. The number of carbonyl (C=O) groups is 1. The van der Waals surface area contributed by atoms with Gasteiger partial charge in [0.05, 0.1) is 19.9 Å². The van der Waals surface area contributed by atoms with E-state index in [1.165, 1.54) is 24.6 Å². The first-order chi connectivity index (χ1) is 10.2. The zero-order chi connectivity index (χ0) is 15.1. The summed E-state index contributed by atoms with van der Waals surface area (Å²) in [5.41, 5.74) is 6.70. The van der Waals surface area contributed by atoms with Gasteiger partial charge in [-0.25, -0.2) is 9.67 Å². The number of aromatic nitrogens is 3. The highest BCUT2D eigenvalue weighted by molar-refractivity contribution is 5.78. The first-order valence-corrected chi connectivity index (χ1v) is 7.19. The molecule has 0 atom stereocenters. The number of ether oxygens (including phenoxy) is 1. The average Bonchev–Trinajstić information content (AvgIpc) is 2.75. The van der Waals surface area contributed by atoms with Gasteiger partial charge in [0.15, 0.2) is 5.96 Å². The molecule has 21 heavy (non-hydrogen) atoms. The van der Waals surface area contributed by atoms with E-state index in [0.717, 1.165) is 25.9 Å². The van der Waals surface area contributed by atoms with Crippen molar-refractivity contribution in [3.63, 3.8) is 0 Å². The molecule has 1 aliphatic heterocycles. The maximum atomic E-state index is 11.1. The van der Waals surface area contributed by atoms with Crippen molar-refractivity contribution in [3.8, 4) is 0 Å². The minimum atomic E-state index is -0.362. The van der Waals surface area contributed by atoms with E-state index in [0.29, 0.717) is 18.2 Å². The maximum Gasteiger partial charge on any atom is 0.327 e. The lowest BCUT2D eigenvalue weighted by Crippen LogP contribution is -2.38. The number of nitrogens with two attached hydrogens (primary N) is 1.